The predicted molar refractivity (Wildman–Crippen MR) is 99.8 cm³/mol. The van der Waals surface area contributed by atoms with Gasteiger partial charge >= 0.3 is 0 Å². The lowest BCUT2D eigenvalue weighted by Crippen LogP contribution is -2.54. The maximum absolute atomic E-state index is 12.5. The third kappa shape index (κ3) is 4.62. The number of ether oxygens (including phenoxy) is 2. The molecular formula is C20H29FN2O3. The molecule has 0 aliphatic heterocycles. The second-order valence-corrected chi connectivity index (χ2v) is 7.51. The fourth-order valence-electron chi connectivity index (χ4n) is 3.78. The number of rotatable bonds is 9. The minimum absolute atomic E-state index is 0.0346. The summed E-state index contributed by atoms with van der Waals surface area (Å²) in [6.07, 6.45) is 2.07. The molecule has 0 bridgehead atoms. The monoisotopic (exact) mass is 364 g/mol. The van der Waals surface area contributed by atoms with E-state index in [0.29, 0.717) is 30.8 Å². The zero-order valence-electron chi connectivity index (χ0n) is 15.8. The molecule has 1 saturated carbocycles. The summed E-state index contributed by atoms with van der Waals surface area (Å²) in [6, 6.07) is 7.78. The Kier molecular flexibility index (Phi) is 6.78. The minimum Gasteiger partial charge on any atom is -0.489 e. The molecule has 1 aliphatic carbocycles. The van der Waals surface area contributed by atoms with Crippen molar-refractivity contribution in [2.75, 3.05) is 33.4 Å². The SMILES string of the molecule is COCCNC(=O)C1(C)CC(C)(c2ccc(OC/C(=C/F)CN)cc2)C1. The number of carbonyl (C=O) groups excluding carboxylic acids is 1. The average molecular weight is 364 g/mol. The fraction of sp³-hybridized carbons (Fsp3) is 0.550. The topological polar surface area (TPSA) is 73.6 Å². The number of hydrogen-bond donors (Lipinski definition) is 2. The molecule has 1 amide bonds. The van der Waals surface area contributed by atoms with Gasteiger partial charge in [-0.25, -0.2) is 4.39 Å². The van der Waals surface area contributed by atoms with Crippen molar-refractivity contribution in [1.29, 1.82) is 0 Å². The van der Waals surface area contributed by atoms with E-state index in [1.807, 2.05) is 31.2 Å². The Balaban J connectivity index is 1.92. The first kappa shape index (κ1) is 20.4. The Hall–Kier alpha value is -1.92. The van der Waals surface area contributed by atoms with Crippen LogP contribution < -0.4 is 15.8 Å². The number of amides is 1. The summed E-state index contributed by atoms with van der Waals surface area (Å²) in [5.74, 6) is 0.754. The van der Waals surface area contributed by atoms with E-state index in [0.717, 1.165) is 12.8 Å². The van der Waals surface area contributed by atoms with Crippen molar-refractivity contribution in [2.24, 2.45) is 11.1 Å². The van der Waals surface area contributed by atoms with Crippen LogP contribution in [-0.4, -0.2) is 39.3 Å². The fourth-order valence-corrected chi connectivity index (χ4v) is 3.78. The van der Waals surface area contributed by atoms with Gasteiger partial charge in [0, 0.05) is 31.2 Å². The molecule has 0 unspecified atom stereocenters. The summed E-state index contributed by atoms with van der Waals surface area (Å²) in [4.78, 5) is 12.4. The number of halogens is 1. The Morgan fingerprint density at radius 1 is 1.31 bits per heavy atom. The van der Waals surface area contributed by atoms with E-state index in [9.17, 15) is 9.18 Å². The quantitative estimate of drug-likeness (QED) is 0.661. The van der Waals surface area contributed by atoms with Gasteiger partial charge in [0.1, 0.15) is 12.4 Å². The molecule has 144 valence electrons. The second-order valence-electron chi connectivity index (χ2n) is 7.51. The first-order valence-corrected chi connectivity index (χ1v) is 8.86. The zero-order valence-corrected chi connectivity index (χ0v) is 15.8. The zero-order chi connectivity index (χ0) is 19.2. The van der Waals surface area contributed by atoms with Crippen LogP contribution in [-0.2, 0) is 14.9 Å². The second kappa shape index (κ2) is 8.64. The molecule has 0 aromatic heterocycles. The van der Waals surface area contributed by atoms with E-state index in [-0.39, 0.29) is 29.9 Å². The van der Waals surface area contributed by atoms with Gasteiger partial charge < -0.3 is 20.5 Å². The maximum atomic E-state index is 12.5. The van der Waals surface area contributed by atoms with Crippen LogP contribution >= 0.6 is 0 Å². The van der Waals surface area contributed by atoms with Crippen LogP contribution in [0.1, 0.15) is 32.3 Å². The van der Waals surface area contributed by atoms with Crippen LogP contribution in [0.5, 0.6) is 5.75 Å². The largest absolute Gasteiger partial charge is 0.489 e. The van der Waals surface area contributed by atoms with E-state index >= 15 is 0 Å². The van der Waals surface area contributed by atoms with Crippen molar-refractivity contribution >= 4 is 5.91 Å². The predicted octanol–water partition coefficient (Wildman–Crippen LogP) is 2.70. The van der Waals surface area contributed by atoms with Gasteiger partial charge in [0.15, 0.2) is 0 Å². The molecule has 2 rings (SSSR count). The van der Waals surface area contributed by atoms with Crippen LogP contribution in [0.2, 0.25) is 0 Å². The summed E-state index contributed by atoms with van der Waals surface area (Å²) in [5.41, 5.74) is 6.62. The molecular weight excluding hydrogens is 335 g/mol. The highest BCUT2D eigenvalue weighted by Gasteiger charge is 2.53. The third-order valence-corrected chi connectivity index (χ3v) is 5.09. The van der Waals surface area contributed by atoms with Gasteiger partial charge in [-0.3, -0.25) is 4.79 Å². The molecule has 1 aromatic rings. The molecule has 0 radical (unpaired) electrons. The average Bonchev–Trinajstić information content (AvgIpc) is 2.61. The molecule has 0 atom stereocenters. The molecule has 3 N–H and O–H groups in total. The summed E-state index contributed by atoms with van der Waals surface area (Å²) in [7, 11) is 1.62. The number of carbonyl (C=O) groups is 1. The van der Waals surface area contributed by atoms with Gasteiger partial charge in [-0.2, -0.15) is 0 Å². The minimum atomic E-state index is -0.348. The van der Waals surface area contributed by atoms with Crippen LogP contribution in [0.15, 0.2) is 36.2 Å². The van der Waals surface area contributed by atoms with Crippen molar-refractivity contribution in [2.45, 2.75) is 32.1 Å². The van der Waals surface area contributed by atoms with Gasteiger partial charge in [-0.05, 0) is 36.0 Å². The molecule has 1 aliphatic rings. The molecule has 1 fully saturated rings. The van der Waals surface area contributed by atoms with E-state index in [1.165, 1.54) is 5.56 Å². The number of nitrogens with two attached hydrogens (primary N) is 1. The molecule has 1 aromatic carbocycles. The van der Waals surface area contributed by atoms with Crippen molar-refractivity contribution in [3.05, 3.63) is 41.7 Å². The molecule has 6 heteroatoms. The van der Waals surface area contributed by atoms with Gasteiger partial charge in [-0.1, -0.05) is 26.0 Å². The number of nitrogens with one attached hydrogen (secondary N) is 1. The van der Waals surface area contributed by atoms with Crippen LogP contribution in [0.25, 0.3) is 0 Å². The lowest BCUT2D eigenvalue weighted by atomic mass is 9.51. The highest BCUT2D eigenvalue weighted by atomic mass is 19.1. The molecule has 26 heavy (non-hydrogen) atoms. The Bertz CT molecular complexity index is 637. The molecule has 0 heterocycles. The first-order valence-electron chi connectivity index (χ1n) is 8.86. The highest BCUT2D eigenvalue weighted by Crippen LogP contribution is 2.55. The standard InChI is InChI=1S/C20H29FN2O3/c1-19(13-20(2,14-19)18(24)23-8-9-25-3)16-4-6-17(7-5-16)26-12-15(10-21)11-22/h4-7,10H,8-9,11-14,22H2,1-3H3,(H,23,24)/b15-10+. The van der Waals surface area contributed by atoms with Gasteiger partial charge in [0.25, 0.3) is 0 Å². The summed E-state index contributed by atoms with van der Waals surface area (Å²) < 4.78 is 23.0. The normalized spacial score (nSPS) is 25.5. The van der Waals surface area contributed by atoms with E-state index in [2.05, 4.69) is 12.2 Å². The van der Waals surface area contributed by atoms with E-state index < -0.39 is 0 Å². The van der Waals surface area contributed by atoms with Gasteiger partial charge in [0.05, 0.1) is 12.9 Å². The summed E-state index contributed by atoms with van der Waals surface area (Å²) in [5, 5.41) is 2.93. The number of hydrogen-bond acceptors (Lipinski definition) is 4. The highest BCUT2D eigenvalue weighted by molar-refractivity contribution is 5.84. The third-order valence-electron chi connectivity index (χ3n) is 5.09. The lowest BCUT2D eigenvalue weighted by molar-refractivity contribution is -0.139. The van der Waals surface area contributed by atoms with Crippen LogP contribution in [0, 0.1) is 5.41 Å². The van der Waals surface area contributed by atoms with Crippen molar-refractivity contribution in [1.82, 2.24) is 5.32 Å². The molecule has 0 spiro atoms. The number of benzene rings is 1. The summed E-state index contributed by atoms with van der Waals surface area (Å²) >= 11 is 0. The Morgan fingerprint density at radius 3 is 2.50 bits per heavy atom. The van der Waals surface area contributed by atoms with Crippen molar-refractivity contribution < 1.29 is 18.7 Å². The Labute approximate surface area is 154 Å². The van der Waals surface area contributed by atoms with Gasteiger partial charge in [-0.15, -0.1) is 0 Å². The van der Waals surface area contributed by atoms with Crippen LogP contribution in [0.4, 0.5) is 4.39 Å². The maximum Gasteiger partial charge on any atom is 0.226 e. The molecule has 0 saturated heterocycles. The Morgan fingerprint density at radius 2 is 1.96 bits per heavy atom. The lowest BCUT2D eigenvalue weighted by Gasteiger charge is -2.52. The van der Waals surface area contributed by atoms with E-state index in [1.54, 1.807) is 7.11 Å². The number of methoxy groups -OCH3 is 1. The van der Waals surface area contributed by atoms with Crippen molar-refractivity contribution in [3.63, 3.8) is 0 Å². The molecule has 5 nitrogen and oxygen atoms in total. The smallest absolute Gasteiger partial charge is 0.226 e. The summed E-state index contributed by atoms with van der Waals surface area (Å²) in [6.45, 7) is 5.51. The van der Waals surface area contributed by atoms with Crippen LogP contribution in [0.3, 0.4) is 0 Å². The van der Waals surface area contributed by atoms with Crippen molar-refractivity contribution in [3.8, 4) is 5.75 Å². The van der Waals surface area contributed by atoms with E-state index in [4.69, 9.17) is 15.2 Å². The first-order chi connectivity index (χ1) is 12.4. The van der Waals surface area contributed by atoms with Gasteiger partial charge in [0.2, 0.25) is 5.91 Å².